The molecular formula is C15H21NO3. The Hall–Kier alpha value is -1.71. The van der Waals surface area contributed by atoms with E-state index in [4.69, 9.17) is 9.47 Å². The quantitative estimate of drug-likeness (QED) is 0.857. The van der Waals surface area contributed by atoms with E-state index in [2.05, 4.69) is 19.2 Å². The van der Waals surface area contributed by atoms with Crippen LogP contribution in [-0.2, 0) is 4.79 Å². The fraction of sp³-hybridized carbons (Fsp3) is 0.533. The van der Waals surface area contributed by atoms with Crippen molar-refractivity contribution in [2.45, 2.75) is 38.6 Å². The van der Waals surface area contributed by atoms with Crippen LogP contribution in [0.15, 0.2) is 18.2 Å². The van der Waals surface area contributed by atoms with E-state index in [0.29, 0.717) is 23.5 Å². The molecule has 1 aromatic rings. The summed E-state index contributed by atoms with van der Waals surface area (Å²) in [4.78, 5) is 11.6. The third-order valence-corrected chi connectivity index (χ3v) is 3.16. The zero-order chi connectivity index (χ0) is 13.8. The summed E-state index contributed by atoms with van der Waals surface area (Å²) in [7, 11) is 1.61. The Labute approximate surface area is 114 Å². The summed E-state index contributed by atoms with van der Waals surface area (Å²) in [6.45, 7) is 4.28. The van der Waals surface area contributed by atoms with E-state index in [1.807, 2.05) is 18.2 Å². The second kappa shape index (κ2) is 5.95. The van der Waals surface area contributed by atoms with Gasteiger partial charge >= 0.3 is 0 Å². The molecule has 0 saturated heterocycles. The molecule has 104 valence electrons. The molecule has 0 atom stereocenters. The van der Waals surface area contributed by atoms with E-state index < -0.39 is 0 Å². The van der Waals surface area contributed by atoms with Crippen molar-refractivity contribution in [2.75, 3.05) is 13.7 Å². The Morgan fingerprint density at radius 3 is 2.68 bits per heavy atom. The average Bonchev–Trinajstić information content (AvgIpc) is 3.19. The van der Waals surface area contributed by atoms with Gasteiger partial charge < -0.3 is 14.8 Å². The number of methoxy groups -OCH3 is 1. The van der Waals surface area contributed by atoms with Crippen molar-refractivity contribution in [1.82, 2.24) is 5.32 Å². The maximum atomic E-state index is 11.6. The maximum Gasteiger partial charge on any atom is 0.258 e. The summed E-state index contributed by atoms with van der Waals surface area (Å²) in [5, 5.41) is 2.89. The Bertz CT molecular complexity index is 453. The van der Waals surface area contributed by atoms with Gasteiger partial charge in [0.05, 0.1) is 7.11 Å². The predicted octanol–water partition coefficient (Wildman–Crippen LogP) is 2.48. The molecule has 4 nitrogen and oxygen atoms in total. The summed E-state index contributed by atoms with van der Waals surface area (Å²) in [5.41, 5.74) is 1.19. The van der Waals surface area contributed by atoms with Gasteiger partial charge in [0, 0.05) is 6.04 Å². The highest BCUT2D eigenvalue weighted by Crippen LogP contribution is 2.30. The first-order valence-corrected chi connectivity index (χ1v) is 6.70. The number of hydrogen-bond donors (Lipinski definition) is 1. The summed E-state index contributed by atoms with van der Waals surface area (Å²) >= 11 is 0. The van der Waals surface area contributed by atoms with E-state index >= 15 is 0 Å². The van der Waals surface area contributed by atoms with Gasteiger partial charge in [-0.05, 0) is 36.5 Å². The molecule has 1 fully saturated rings. The monoisotopic (exact) mass is 263 g/mol. The molecule has 4 heteroatoms. The molecule has 1 N–H and O–H groups in total. The van der Waals surface area contributed by atoms with Crippen LogP contribution in [0, 0.1) is 0 Å². The number of amides is 1. The lowest BCUT2D eigenvalue weighted by molar-refractivity contribution is -0.123. The highest BCUT2D eigenvalue weighted by Gasteiger charge is 2.23. The van der Waals surface area contributed by atoms with Crippen LogP contribution in [0.25, 0.3) is 0 Å². The van der Waals surface area contributed by atoms with Crippen molar-refractivity contribution in [2.24, 2.45) is 0 Å². The number of hydrogen-bond acceptors (Lipinski definition) is 3. The molecule has 19 heavy (non-hydrogen) atoms. The first-order valence-electron chi connectivity index (χ1n) is 6.70. The number of nitrogens with one attached hydrogen (secondary N) is 1. The molecule has 0 radical (unpaired) electrons. The summed E-state index contributed by atoms with van der Waals surface area (Å²) in [6, 6.07) is 6.18. The van der Waals surface area contributed by atoms with Gasteiger partial charge in [0.25, 0.3) is 5.91 Å². The van der Waals surface area contributed by atoms with Crippen LogP contribution in [0.2, 0.25) is 0 Å². The molecule has 0 aromatic heterocycles. The van der Waals surface area contributed by atoms with Gasteiger partial charge in [-0.15, -0.1) is 0 Å². The lowest BCUT2D eigenvalue weighted by atomic mass is 10.0. The number of benzene rings is 1. The van der Waals surface area contributed by atoms with Gasteiger partial charge in [-0.25, -0.2) is 0 Å². The first kappa shape index (κ1) is 13.7. The van der Waals surface area contributed by atoms with Gasteiger partial charge in [0.2, 0.25) is 0 Å². The summed E-state index contributed by atoms with van der Waals surface area (Å²) in [5.74, 6) is 1.64. The molecule has 1 saturated carbocycles. The Kier molecular flexibility index (Phi) is 4.30. The largest absolute Gasteiger partial charge is 0.493 e. The highest BCUT2D eigenvalue weighted by atomic mass is 16.5. The molecule has 0 bridgehead atoms. The van der Waals surface area contributed by atoms with Crippen LogP contribution in [0.4, 0.5) is 0 Å². The van der Waals surface area contributed by atoms with Gasteiger partial charge in [-0.3, -0.25) is 4.79 Å². The lowest BCUT2D eigenvalue weighted by Gasteiger charge is -2.13. The van der Waals surface area contributed by atoms with E-state index in [1.54, 1.807) is 7.11 Å². The summed E-state index contributed by atoms with van der Waals surface area (Å²) in [6.07, 6.45) is 2.16. The molecule has 0 heterocycles. The average molecular weight is 263 g/mol. The molecule has 0 aliphatic heterocycles. The van der Waals surface area contributed by atoms with Crippen LogP contribution in [0.5, 0.6) is 11.5 Å². The molecule has 1 amide bonds. The molecule has 0 unspecified atom stereocenters. The molecule has 2 rings (SSSR count). The molecule has 1 aliphatic rings. The van der Waals surface area contributed by atoms with E-state index in [1.165, 1.54) is 5.56 Å². The zero-order valence-corrected chi connectivity index (χ0v) is 11.7. The minimum atomic E-state index is -0.0718. The van der Waals surface area contributed by atoms with Gasteiger partial charge in [0.1, 0.15) is 0 Å². The number of rotatable bonds is 6. The second-order valence-corrected chi connectivity index (χ2v) is 5.20. The van der Waals surface area contributed by atoms with Crippen LogP contribution >= 0.6 is 0 Å². The van der Waals surface area contributed by atoms with Crippen LogP contribution < -0.4 is 14.8 Å². The van der Waals surface area contributed by atoms with E-state index in [0.717, 1.165) is 12.8 Å². The topological polar surface area (TPSA) is 47.6 Å². The third kappa shape index (κ3) is 3.88. The molecule has 1 aromatic carbocycles. The van der Waals surface area contributed by atoms with Crippen molar-refractivity contribution in [1.29, 1.82) is 0 Å². The number of carbonyl (C=O) groups excluding carboxylic acids is 1. The third-order valence-electron chi connectivity index (χ3n) is 3.16. The standard InChI is InChI=1S/C15H21NO3/c1-10(2)11-4-7-13(14(8-11)18-3)19-9-15(17)16-12-5-6-12/h4,7-8,10,12H,5-6,9H2,1-3H3,(H,16,17). The Balaban J connectivity index is 1.96. The van der Waals surface area contributed by atoms with Crippen LogP contribution in [0.1, 0.15) is 38.2 Å². The van der Waals surface area contributed by atoms with E-state index in [-0.39, 0.29) is 12.5 Å². The Morgan fingerprint density at radius 2 is 2.11 bits per heavy atom. The number of ether oxygens (including phenoxy) is 2. The van der Waals surface area contributed by atoms with Crippen molar-refractivity contribution >= 4 is 5.91 Å². The first-order chi connectivity index (χ1) is 9.10. The SMILES string of the molecule is COc1cc(C(C)C)ccc1OCC(=O)NC1CC1. The zero-order valence-electron chi connectivity index (χ0n) is 11.7. The van der Waals surface area contributed by atoms with Crippen molar-refractivity contribution < 1.29 is 14.3 Å². The molecule has 1 aliphatic carbocycles. The second-order valence-electron chi connectivity index (χ2n) is 5.20. The molecular weight excluding hydrogens is 242 g/mol. The van der Waals surface area contributed by atoms with Crippen LogP contribution in [0.3, 0.4) is 0 Å². The molecule has 0 spiro atoms. The highest BCUT2D eigenvalue weighted by molar-refractivity contribution is 5.78. The number of carbonyl (C=O) groups is 1. The minimum Gasteiger partial charge on any atom is -0.493 e. The minimum absolute atomic E-state index is 0.0356. The normalized spacial score (nSPS) is 14.3. The van der Waals surface area contributed by atoms with Gasteiger partial charge in [-0.2, -0.15) is 0 Å². The summed E-state index contributed by atoms with van der Waals surface area (Å²) < 4.78 is 10.8. The van der Waals surface area contributed by atoms with Crippen molar-refractivity contribution in [3.63, 3.8) is 0 Å². The van der Waals surface area contributed by atoms with Crippen LogP contribution in [-0.4, -0.2) is 25.7 Å². The van der Waals surface area contributed by atoms with E-state index in [9.17, 15) is 4.79 Å². The van der Waals surface area contributed by atoms with Gasteiger partial charge in [-0.1, -0.05) is 19.9 Å². The lowest BCUT2D eigenvalue weighted by Crippen LogP contribution is -2.30. The maximum absolute atomic E-state index is 11.6. The van der Waals surface area contributed by atoms with Crippen molar-refractivity contribution in [3.8, 4) is 11.5 Å². The van der Waals surface area contributed by atoms with Gasteiger partial charge in [0.15, 0.2) is 18.1 Å². The fourth-order valence-corrected chi connectivity index (χ4v) is 1.80. The fourth-order valence-electron chi connectivity index (χ4n) is 1.80. The predicted molar refractivity (Wildman–Crippen MR) is 73.7 cm³/mol. The Morgan fingerprint density at radius 1 is 1.37 bits per heavy atom. The smallest absolute Gasteiger partial charge is 0.258 e. The van der Waals surface area contributed by atoms with Crippen molar-refractivity contribution in [3.05, 3.63) is 23.8 Å².